The van der Waals surface area contributed by atoms with Gasteiger partial charge < -0.3 is 10.1 Å². The van der Waals surface area contributed by atoms with E-state index in [1.54, 1.807) is 0 Å². The Balaban J connectivity index is 2.51. The minimum Gasteiger partial charge on any atom is -0.468 e. The molecular formula is C11H17N3O3. The molecule has 6 heteroatoms. The number of esters is 1. The molecule has 1 aliphatic heterocycles. The standard InChI is InChI=1S/C11H17N3O3/c1-17-11(16)9-4-2-3-7-14(9)8-10(15)13-6-5-12/h9H,2-4,6-8H2,1H3,(H,13,15). The molecule has 1 aliphatic rings. The van der Waals surface area contributed by atoms with Crippen LogP contribution in [0.2, 0.25) is 0 Å². The highest BCUT2D eigenvalue weighted by Crippen LogP contribution is 2.17. The molecule has 1 rings (SSSR count). The highest BCUT2D eigenvalue weighted by atomic mass is 16.5. The summed E-state index contributed by atoms with van der Waals surface area (Å²) in [4.78, 5) is 24.8. The van der Waals surface area contributed by atoms with Gasteiger partial charge in [0.1, 0.15) is 12.6 Å². The van der Waals surface area contributed by atoms with Crippen molar-refractivity contribution in [3.8, 4) is 6.07 Å². The monoisotopic (exact) mass is 239 g/mol. The van der Waals surface area contributed by atoms with E-state index < -0.39 is 0 Å². The zero-order valence-corrected chi connectivity index (χ0v) is 9.94. The number of ether oxygens (including phenoxy) is 1. The quantitative estimate of drug-likeness (QED) is 0.536. The van der Waals surface area contributed by atoms with Crippen LogP contribution in [-0.4, -0.2) is 49.6 Å². The second-order valence-corrected chi connectivity index (χ2v) is 3.94. The maximum atomic E-state index is 11.5. The number of nitrogens with zero attached hydrogens (tertiary/aromatic N) is 2. The van der Waals surface area contributed by atoms with Crippen LogP contribution in [-0.2, 0) is 14.3 Å². The van der Waals surface area contributed by atoms with Gasteiger partial charge in [0.15, 0.2) is 0 Å². The molecule has 17 heavy (non-hydrogen) atoms. The fraction of sp³-hybridized carbons (Fsp3) is 0.727. The number of nitrogens with one attached hydrogen (secondary N) is 1. The zero-order valence-electron chi connectivity index (χ0n) is 9.94. The Hall–Kier alpha value is -1.61. The lowest BCUT2D eigenvalue weighted by Crippen LogP contribution is -2.49. The number of amides is 1. The van der Waals surface area contributed by atoms with Gasteiger partial charge in [0, 0.05) is 0 Å². The highest BCUT2D eigenvalue weighted by molar-refractivity contribution is 5.80. The average Bonchev–Trinajstić information content (AvgIpc) is 2.36. The summed E-state index contributed by atoms with van der Waals surface area (Å²) in [6, 6.07) is 1.51. The summed E-state index contributed by atoms with van der Waals surface area (Å²) in [6.07, 6.45) is 2.66. The minimum atomic E-state index is -0.332. The van der Waals surface area contributed by atoms with Gasteiger partial charge in [-0.2, -0.15) is 5.26 Å². The molecule has 1 N–H and O–H groups in total. The summed E-state index contributed by atoms with van der Waals surface area (Å²) in [5.41, 5.74) is 0. The SMILES string of the molecule is COC(=O)C1CCCCN1CC(=O)NCC#N. The van der Waals surface area contributed by atoms with Crippen LogP contribution in [0, 0.1) is 11.3 Å². The van der Waals surface area contributed by atoms with Gasteiger partial charge in [-0.15, -0.1) is 0 Å². The van der Waals surface area contributed by atoms with Crippen LogP contribution < -0.4 is 5.32 Å². The number of carbonyl (C=O) groups is 2. The Bertz CT molecular complexity index is 324. The van der Waals surface area contributed by atoms with Crippen molar-refractivity contribution >= 4 is 11.9 Å². The summed E-state index contributed by atoms with van der Waals surface area (Å²) < 4.78 is 4.72. The first-order chi connectivity index (χ1) is 8.19. The van der Waals surface area contributed by atoms with Gasteiger partial charge in [-0.25, -0.2) is 0 Å². The zero-order chi connectivity index (χ0) is 12.7. The first-order valence-electron chi connectivity index (χ1n) is 5.64. The van der Waals surface area contributed by atoms with Crippen molar-refractivity contribution in [2.45, 2.75) is 25.3 Å². The lowest BCUT2D eigenvalue weighted by molar-refractivity contribution is -0.148. The summed E-state index contributed by atoms with van der Waals surface area (Å²) in [5.74, 6) is -0.528. The van der Waals surface area contributed by atoms with Crippen LogP contribution in [0.3, 0.4) is 0 Å². The Morgan fingerprint density at radius 3 is 2.94 bits per heavy atom. The molecule has 0 aromatic heterocycles. The van der Waals surface area contributed by atoms with Crippen LogP contribution >= 0.6 is 0 Å². The summed E-state index contributed by atoms with van der Waals surface area (Å²) in [7, 11) is 1.35. The second kappa shape index (κ2) is 6.86. The Morgan fingerprint density at radius 2 is 2.29 bits per heavy atom. The highest BCUT2D eigenvalue weighted by Gasteiger charge is 2.30. The number of nitriles is 1. The Kier molecular flexibility index (Phi) is 5.43. The van der Waals surface area contributed by atoms with Gasteiger partial charge >= 0.3 is 5.97 Å². The van der Waals surface area contributed by atoms with Crippen molar-refractivity contribution in [2.24, 2.45) is 0 Å². The van der Waals surface area contributed by atoms with Crippen molar-refractivity contribution in [2.75, 3.05) is 26.7 Å². The fourth-order valence-corrected chi connectivity index (χ4v) is 1.96. The lowest BCUT2D eigenvalue weighted by Gasteiger charge is -2.32. The van der Waals surface area contributed by atoms with Gasteiger partial charge in [0.25, 0.3) is 0 Å². The van der Waals surface area contributed by atoms with Crippen LogP contribution in [0.4, 0.5) is 0 Å². The molecule has 1 amide bonds. The molecule has 1 unspecified atom stereocenters. The van der Waals surface area contributed by atoms with Crippen molar-refractivity contribution in [3.63, 3.8) is 0 Å². The van der Waals surface area contributed by atoms with E-state index in [1.165, 1.54) is 7.11 Å². The van der Waals surface area contributed by atoms with Crippen LogP contribution in [0.5, 0.6) is 0 Å². The summed E-state index contributed by atoms with van der Waals surface area (Å²) >= 11 is 0. The fourth-order valence-electron chi connectivity index (χ4n) is 1.96. The van der Waals surface area contributed by atoms with Crippen molar-refractivity contribution in [1.29, 1.82) is 5.26 Å². The first-order valence-corrected chi connectivity index (χ1v) is 5.64. The number of rotatable bonds is 4. The Labute approximate surface area is 101 Å². The van der Waals surface area contributed by atoms with Crippen molar-refractivity contribution in [3.05, 3.63) is 0 Å². The largest absolute Gasteiger partial charge is 0.468 e. The molecule has 1 atom stereocenters. The molecule has 0 radical (unpaired) electrons. The molecule has 0 saturated carbocycles. The van der Waals surface area contributed by atoms with E-state index >= 15 is 0 Å². The molecular weight excluding hydrogens is 222 g/mol. The second-order valence-electron chi connectivity index (χ2n) is 3.94. The van der Waals surface area contributed by atoms with Crippen LogP contribution in [0.25, 0.3) is 0 Å². The minimum absolute atomic E-state index is 0.00440. The van der Waals surface area contributed by atoms with Crippen LogP contribution in [0.15, 0.2) is 0 Å². The van der Waals surface area contributed by atoms with Gasteiger partial charge in [-0.3, -0.25) is 14.5 Å². The predicted octanol–water partition coefficient (Wildman–Crippen LogP) is -0.346. The van der Waals surface area contributed by atoms with Crippen molar-refractivity contribution < 1.29 is 14.3 Å². The lowest BCUT2D eigenvalue weighted by atomic mass is 10.0. The van der Waals surface area contributed by atoms with Gasteiger partial charge in [0.05, 0.1) is 19.7 Å². The predicted molar refractivity (Wildman–Crippen MR) is 59.9 cm³/mol. The third kappa shape index (κ3) is 4.04. The molecule has 0 aromatic rings. The van der Waals surface area contributed by atoms with E-state index in [9.17, 15) is 9.59 Å². The molecule has 1 saturated heterocycles. The van der Waals surface area contributed by atoms with E-state index in [0.29, 0.717) is 6.54 Å². The number of hydrogen-bond donors (Lipinski definition) is 1. The third-order valence-corrected chi connectivity index (χ3v) is 2.80. The number of carbonyl (C=O) groups excluding carboxylic acids is 2. The molecule has 0 aliphatic carbocycles. The van der Waals surface area contributed by atoms with Crippen molar-refractivity contribution in [1.82, 2.24) is 10.2 Å². The molecule has 6 nitrogen and oxygen atoms in total. The number of likely N-dealkylation sites (tertiary alicyclic amines) is 1. The number of methoxy groups -OCH3 is 1. The maximum Gasteiger partial charge on any atom is 0.323 e. The Morgan fingerprint density at radius 1 is 1.53 bits per heavy atom. The molecule has 1 heterocycles. The van der Waals surface area contributed by atoms with E-state index in [1.807, 2.05) is 11.0 Å². The number of piperidine rings is 1. The van der Waals surface area contributed by atoms with E-state index in [2.05, 4.69) is 5.32 Å². The molecule has 94 valence electrons. The molecule has 0 bridgehead atoms. The normalized spacial score (nSPS) is 20.4. The first kappa shape index (κ1) is 13.5. The van der Waals surface area contributed by atoms with E-state index in [0.717, 1.165) is 19.3 Å². The number of hydrogen-bond acceptors (Lipinski definition) is 5. The third-order valence-electron chi connectivity index (χ3n) is 2.80. The molecule has 1 fully saturated rings. The van der Waals surface area contributed by atoms with Gasteiger partial charge in [0.2, 0.25) is 5.91 Å². The van der Waals surface area contributed by atoms with E-state index in [4.69, 9.17) is 10.00 Å². The van der Waals surface area contributed by atoms with Gasteiger partial charge in [-0.1, -0.05) is 6.42 Å². The average molecular weight is 239 g/mol. The molecule has 0 spiro atoms. The summed E-state index contributed by atoms with van der Waals surface area (Å²) in [5, 5.41) is 10.8. The van der Waals surface area contributed by atoms with E-state index in [-0.39, 0.29) is 31.0 Å². The topological polar surface area (TPSA) is 82.4 Å². The smallest absolute Gasteiger partial charge is 0.323 e. The van der Waals surface area contributed by atoms with Crippen LogP contribution in [0.1, 0.15) is 19.3 Å². The maximum absolute atomic E-state index is 11.5. The summed E-state index contributed by atoms with van der Waals surface area (Å²) in [6.45, 7) is 0.844. The van der Waals surface area contributed by atoms with Gasteiger partial charge in [-0.05, 0) is 19.4 Å². The molecule has 0 aromatic carbocycles.